The number of carboxylic acids is 3. The van der Waals surface area contributed by atoms with Crippen LogP contribution in [0.15, 0.2) is 243 Å². The number of rotatable bonds is 16. The first kappa shape index (κ1) is 93.5. The smallest absolute Gasteiger partial charge is 0.336 e. The van der Waals surface area contributed by atoms with Gasteiger partial charge in [-0.3, -0.25) is 28.8 Å². The molecule has 0 spiro atoms. The summed E-state index contributed by atoms with van der Waals surface area (Å²) >= 11 is 10.8. The fourth-order valence-electron chi connectivity index (χ4n) is 10.6. The van der Waals surface area contributed by atoms with Crippen molar-refractivity contribution in [2.75, 3.05) is 32.8 Å². The first-order valence-electron chi connectivity index (χ1n) is 35.8. The molecule has 0 fully saturated rings. The number of hydrogen-bond acceptors (Lipinski definition) is 24. The van der Waals surface area contributed by atoms with Gasteiger partial charge in [0.25, 0.3) is 0 Å². The fraction of sp³-hybridized carbons (Fsp3) is 0.230. The molecule has 9 aromatic carbocycles. The van der Waals surface area contributed by atoms with E-state index in [1.54, 1.807) is 61.5 Å². The van der Waals surface area contributed by atoms with Crippen LogP contribution in [0.4, 0.5) is 0 Å². The molecule has 2 aliphatic rings. The summed E-state index contributed by atoms with van der Waals surface area (Å²) in [5.41, 5.74) is 25.1. The Labute approximate surface area is 677 Å². The second-order valence-electron chi connectivity index (χ2n) is 25.5. The maximum atomic E-state index is 11.1. The quantitative estimate of drug-likeness (QED) is 0.0185. The largest absolute Gasteiger partial charge is 0.508 e. The summed E-state index contributed by atoms with van der Waals surface area (Å²) in [5.74, 6) is -1.63. The lowest BCUT2D eigenvalue weighted by atomic mass is 9.98. The minimum atomic E-state index is -0.902. The number of carbonyl (C=O) groups excluding carboxylic acids is 3. The summed E-state index contributed by atoms with van der Waals surface area (Å²) in [6, 6.07) is 61.4. The van der Waals surface area contributed by atoms with Gasteiger partial charge in [-0.05, 0) is 111 Å². The minimum absolute atomic E-state index is 0.0352. The van der Waals surface area contributed by atoms with E-state index in [2.05, 4.69) is 9.47 Å². The Morgan fingerprint density at radius 1 is 0.448 bits per heavy atom. The predicted octanol–water partition coefficient (Wildman–Crippen LogP) is 15.5. The number of aromatic hydroxyl groups is 7. The van der Waals surface area contributed by atoms with Gasteiger partial charge >= 0.3 is 35.5 Å². The van der Waals surface area contributed by atoms with Crippen molar-refractivity contribution in [1.82, 2.24) is 0 Å². The summed E-state index contributed by atoms with van der Waals surface area (Å²) in [6.45, 7) is 8.77. The van der Waals surface area contributed by atoms with Gasteiger partial charge in [-0.2, -0.15) is 0 Å². The number of Topliss-reactive ketones (excluding diaryl/α,β-unsaturated/α-hetero) is 1. The van der Waals surface area contributed by atoms with E-state index >= 15 is 0 Å². The second kappa shape index (κ2) is 48.8. The van der Waals surface area contributed by atoms with Crippen LogP contribution in [0.1, 0.15) is 121 Å². The molecule has 614 valence electrons. The third-order valence-electron chi connectivity index (χ3n) is 16.3. The molecule has 0 amide bonds. The van der Waals surface area contributed by atoms with Crippen molar-refractivity contribution in [2.24, 2.45) is 17.2 Å². The molecule has 27 nitrogen and oxygen atoms in total. The molecule has 5 heterocycles. The highest BCUT2D eigenvalue weighted by atomic mass is 35.5. The van der Waals surface area contributed by atoms with E-state index < -0.39 is 29.5 Å². The number of methoxy groups -OCH3 is 1. The van der Waals surface area contributed by atoms with E-state index in [1.165, 1.54) is 103 Å². The summed E-state index contributed by atoms with van der Waals surface area (Å²) in [6.07, 6.45) is 2.83. The number of halogens is 2. The molecule has 2 aliphatic heterocycles. The van der Waals surface area contributed by atoms with Crippen molar-refractivity contribution in [1.29, 1.82) is 0 Å². The maximum Gasteiger partial charge on any atom is 0.336 e. The van der Waals surface area contributed by atoms with Gasteiger partial charge in [0.2, 0.25) is 0 Å². The van der Waals surface area contributed by atoms with Crippen molar-refractivity contribution in [2.45, 2.75) is 95.6 Å². The molecular weight excluding hydrogens is 1540 g/mol. The number of aliphatic carboxylic acids is 3. The lowest BCUT2D eigenvalue weighted by Gasteiger charge is -2.06. The van der Waals surface area contributed by atoms with E-state index in [0.717, 1.165) is 27.3 Å². The normalized spacial score (nSPS) is 12.9. The van der Waals surface area contributed by atoms with Crippen LogP contribution in [0.2, 0.25) is 0 Å². The number of furan rings is 2. The third kappa shape index (κ3) is 32.9. The SMILES string of the molecule is CCOC(=O)CC(=O)CCl.COC(=O)C[C@@H]1COc2cc(O)ccc21.C[C@@H](N)c1ccccc1.C[C@@H](N)c1ccccc1.C[C@@H](N)c1ccccc1.O=C(O)C[C@@H]1COc2cc(O)ccc21.O=C(O)Cc1coc2cc(O)ccc12.O=C(O)Cc1coc2cc(O)ccc12.O=c1cc(CCl)c2ccc(O)cc2o1.Oc1cccc(O)c1. The van der Waals surface area contributed by atoms with Crippen molar-refractivity contribution in [3.63, 3.8) is 0 Å². The van der Waals surface area contributed by atoms with Crippen molar-refractivity contribution >= 4 is 91.7 Å². The van der Waals surface area contributed by atoms with Crippen LogP contribution in [-0.2, 0) is 57.0 Å². The van der Waals surface area contributed by atoms with Gasteiger partial charge in [0.15, 0.2) is 5.78 Å². The zero-order chi connectivity index (χ0) is 85.4. The first-order chi connectivity index (χ1) is 55.3. The number of hydrogen-bond donors (Lipinski definition) is 13. The Balaban J connectivity index is 0.000000232. The zero-order valence-corrected chi connectivity index (χ0v) is 65.5. The van der Waals surface area contributed by atoms with Gasteiger partial charge in [-0.1, -0.05) is 109 Å². The Bertz CT molecular complexity index is 4940. The first-order valence-corrected chi connectivity index (χ1v) is 36.8. The summed E-state index contributed by atoms with van der Waals surface area (Å²) in [7, 11) is 1.37. The van der Waals surface area contributed by atoms with Crippen LogP contribution in [0, 0.1) is 0 Å². The maximum absolute atomic E-state index is 11.1. The number of phenolic OH excluding ortho intramolecular Hbond substituents is 7. The van der Waals surface area contributed by atoms with E-state index in [1.807, 2.05) is 112 Å². The monoisotopic (exact) mass is 1630 g/mol. The van der Waals surface area contributed by atoms with Crippen LogP contribution in [0.5, 0.6) is 51.7 Å². The van der Waals surface area contributed by atoms with Crippen LogP contribution >= 0.6 is 23.2 Å². The molecule has 14 rings (SSSR count). The zero-order valence-electron chi connectivity index (χ0n) is 64.0. The van der Waals surface area contributed by atoms with Crippen LogP contribution in [0.3, 0.4) is 0 Å². The topological polar surface area (TPSA) is 476 Å². The van der Waals surface area contributed by atoms with E-state index in [4.69, 9.17) is 104 Å². The van der Waals surface area contributed by atoms with Gasteiger partial charge in [0.1, 0.15) is 74.9 Å². The molecule has 3 aromatic heterocycles. The number of benzene rings is 9. The molecule has 116 heavy (non-hydrogen) atoms. The fourth-order valence-corrected chi connectivity index (χ4v) is 10.9. The Kier molecular flexibility index (Phi) is 39.3. The van der Waals surface area contributed by atoms with Crippen molar-refractivity contribution < 1.29 is 112 Å². The number of phenols is 7. The summed E-state index contributed by atoms with van der Waals surface area (Å²) in [4.78, 5) is 74.7. The van der Waals surface area contributed by atoms with E-state index in [0.29, 0.717) is 71.2 Å². The molecule has 0 saturated heterocycles. The molecule has 0 unspecified atom stereocenters. The molecule has 0 saturated carbocycles. The Morgan fingerprint density at radius 2 is 0.819 bits per heavy atom. The van der Waals surface area contributed by atoms with E-state index in [9.17, 15) is 43.8 Å². The number of nitrogens with two attached hydrogens (primary N) is 3. The molecule has 29 heteroatoms. The van der Waals surface area contributed by atoms with Gasteiger partial charge in [0.05, 0.1) is 71.0 Å². The molecule has 16 N–H and O–H groups in total. The summed E-state index contributed by atoms with van der Waals surface area (Å²) < 4.78 is 34.9. The minimum Gasteiger partial charge on any atom is -0.508 e. The summed E-state index contributed by atoms with van der Waals surface area (Å²) in [5, 5.41) is 91.3. The van der Waals surface area contributed by atoms with Crippen LogP contribution < -0.4 is 32.3 Å². The number of ketones is 1. The molecule has 0 aliphatic carbocycles. The van der Waals surface area contributed by atoms with Gasteiger partial charge in [-0.15, -0.1) is 23.2 Å². The van der Waals surface area contributed by atoms with Gasteiger partial charge in [0, 0.05) is 117 Å². The molecule has 5 atom stereocenters. The third-order valence-corrected chi connectivity index (χ3v) is 16.9. The average molecular weight is 1640 g/mol. The Hall–Kier alpha value is -13.1. The highest BCUT2D eigenvalue weighted by Crippen LogP contribution is 2.39. The van der Waals surface area contributed by atoms with Crippen molar-refractivity contribution in [3.05, 3.63) is 280 Å². The number of carboxylic acid groups (broad SMARTS) is 3. The highest BCUT2D eigenvalue weighted by molar-refractivity contribution is 6.28. The average Bonchev–Trinajstić information content (AvgIpc) is 1.48. The predicted molar refractivity (Wildman–Crippen MR) is 438 cm³/mol. The number of fused-ring (bicyclic) bond motifs is 5. The van der Waals surface area contributed by atoms with Crippen molar-refractivity contribution in [3.8, 4) is 51.7 Å². The standard InChI is InChI=1S/C11H12O4.C10H7ClO3.C10H10O4.2C10H8O4.3C8H11N.C6H9ClO3.C6H6O2/c1-14-11(13)4-7-6-15-10-5-8(12)2-3-9(7)10;11-5-6-3-10(13)14-9-4-7(12)1-2-8(6)9;3*11-7-1-2-8-6(3-10(12)13)5-14-9(8)4-7;3*1-7(9)8-5-3-2-4-6-8;1-2-10-6(9)3-5(8)4-7;7-5-2-1-3-6(8)4-5/h2-3,5,7,12H,4,6H2,1H3;1-4,12H,5H2;1-2,4,6,11H,3,5H2,(H,12,13);2*1-2,4-5,11H,3H2,(H,12,13);3*2-7H,9H2,1H3;2-4H2,1H3;1-4,7-8H/t7-;;6-;;;3*7-;;/m1.1..111../s1. The van der Waals surface area contributed by atoms with Gasteiger partial charge < -0.3 is 100 Å². The number of ether oxygens (including phenoxy) is 4. The molecular formula is C87H93Cl2N3O24. The molecule has 12 aromatic rings. The number of alkyl halides is 2. The number of carbonyl (C=O) groups is 6. The molecule has 0 radical (unpaired) electrons. The second-order valence-corrected chi connectivity index (χ2v) is 26.1. The van der Waals surface area contributed by atoms with Gasteiger partial charge in [-0.25, -0.2) is 4.79 Å². The van der Waals surface area contributed by atoms with Crippen LogP contribution in [0.25, 0.3) is 32.9 Å². The highest BCUT2D eigenvalue weighted by Gasteiger charge is 2.28. The lowest BCUT2D eigenvalue weighted by molar-refractivity contribution is -0.145. The number of esters is 2. The molecule has 0 bridgehead atoms. The lowest BCUT2D eigenvalue weighted by Crippen LogP contribution is -2.11. The Morgan fingerprint density at radius 3 is 1.16 bits per heavy atom. The van der Waals surface area contributed by atoms with Crippen LogP contribution in [-0.4, -0.2) is 120 Å². The van der Waals surface area contributed by atoms with E-state index in [-0.39, 0.29) is 119 Å².